The van der Waals surface area contributed by atoms with Crippen molar-refractivity contribution < 1.29 is 9.59 Å². The minimum absolute atomic E-state index is 0.113. The van der Waals surface area contributed by atoms with Crippen LogP contribution in [0.3, 0.4) is 0 Å². The van der Waals surface area contributed by atoms with E-state index in [4.69, 9.17) is 10.7 Å². The molecule has 0 aliphatic carbocycles. The molecule has 36 heavy (non-hydrogen) atoms. The van der Waals surface area contributed by atoms with Crippen LogP contribution in [0.2, 0.25) is 0 Å². The van der Waals surface area contributed by atoms with Crippen molar-refractivity contribution in [2.45, 2.75) is 63.8 Å². The molecule has 2 amide bonds. The minimum atomic E-state index is -0.469. The Morgan fingerprint density at radius 1 is 1.06 bits per heavy atom. The van der Waals surface area contributed by atoms with Gasteiger partial charge in [-0.05, 0) is 75.9 Å². The first-order valence-corrected chi connectivity index (χ1v) is 13.4. The smallest absolute Gasteiger partial charge is 0.248 e. The van der Waals surface area contributed by atoms with Crippen LogP contribution < -0.4 is 10.6 Å². The quantitative estimate of drug-likeness (QED) is 0.598. The lowest BCUT2D eigenvalue weighted by Gasteiger charge is -2.37. The van der Waals surface area contributed by atoms with Crippen molar-refractivity contribution in [3.63, 3.8) is 0 Å². The van der Waals surface area contributed by atoms with Crippen molar-refractivity contribution in [1.82, 2.24) is 19.8 Å². The molecule has 2 N–H and O–H groups in total. The molecule has 3 heterocycles. The Morgan fingerprint density at radius 2 is 1.81 bits per heavy atom. The van der Waals surface area contributed by atoms with Gasteiger partial charge in [0.1, 0.15) is 0 Å². The summed E-state index contributed by atoms with van der Waals surface area (Å²) in [4.78, 5) is 41.2. The normalized spacial score (nSPS) is 19.1. The highest BCUT2D eigenvalue weighted by molar-refractivity contribution is 5.94. The molecule has 4 rings (SSSR count). The molecule has 0 radical (unpaired) electrons. The lowest BCUT2D eigenvalue weighted by molar-refractivity contribution is -0.135. The summed E-state index contributed by atoms with van der Waals surface area (Å²) in [5.41, 5.74) is 8.52. The van der Waals surface area contributed by atoms with Crippen LogP contribution in [-0.4, -0.2) is 71.9 Å². The number of rotatable bonds is 8. The van der Waals surface area contributed by atoms with Crippen LogP contribution in [0.1, 0.15) is 79.9 Å². The molecular weight excluding hydrogens is 452 g/mol. The molecule has 2 fully saturated rings. The van der Waals surface area contributed by atoms with Crippen molar-refractivity contribution in [3.8, 4) is 11.1 Å². The number of piperidine rings is 1. The Balaban J connectivity index is 1.57. The molecule has 2 aliphatic rings. The molecule has 0 saturated carbocycles. The first kappa shape index (κ1) is 26.1. The van der Waals surface area contributed by atoms with E-state index >= 15 is 0 Å². The number of nitrogens with two attached hydrogens (primary N) is 1. The molecule has 2 aliphatic heterocycles. The number of hydrogen-bond donors (Lipinski definition) is 1. The van der Waals surface area contributed by atoms with Crippen LogP contribution in [0.4, 0.5) is 5.95 Å². The van der Waals surface area contributed by atoms with E-state index in [9.17, 15) is 9.59 Å². The van der Waals surface area contributed by atoms with E-state index in [-0.39, 0.29) is 11.9 Å². The summed E-state index contributed by atoms with van der Waals surface area (Å²) in [7, 11) is 3.83. The van der Waals surface area contributed by atoms with Crippen molar-refractivity contribution >= 4 is 17.8 Å². The number of anilines is 1. The van der Waals surface area contributed by atoms with Crippen molar-refractivity contribution in [1.29, 1.82) is 0 Å². The first-order valence-electron chi connectivity index (χ1n) is 13.4. The zero-order valence-electron chi connectivity index (χ0n) is 21.8. The molecule has 8 heteroatoms. The topological polar surface area (TPSA) is 95.7 Å². The highest BCUT2D eigenvalue weighted by Crippen LogP contribution is 2.37. The van der Waals surface area contributed by atoms with E-state index in [2.05, 4.69) is 9.88 Å². The molecule has 8 nitrogen and oxygen atoms in total. The van der Waals surface area contributed by atoms with Gasteiger partial charge in [-0.15, -0.1) is 0 Å². The number of benzene rings is 1. The Morgan fingerprint density at radius 3 is 2.53 bits per heavy atom. The highest BCUT2D eigenvalue weighted by atomic mass is 16.2. The van der Waals surface area contributed by atoms with Gasteiger partial charge in [0.2, 0.25) is 17.8 Å². The van der Waals surface area contributed by atoms with Gasteiger partial charge >= 0.3 is 0 Å². The van der Waals surface area contributed by atoms with E-state index in [1.54, 1.807) is 12.1 Å². The zero-order valence-corrected chi connectivity index (χ0v) is 21.8. The predicted octanol–water partition coefficient (Wildman–Crippen LogP) is 4.02. The number of carbonyl (C=O) groups is 2. The summed E-state index contributed by atoms with van der Waals surface area (Å²) in [6.07, 6.45) is 11.4. The van der Waals surface area contributed by atoms with Crippen LogP contribution in [0.25, 0.3) is 11.1 Å². The maximum atomic E-state index is 13.5. The molecule has 1 aromatic carbocycles. The molecule has 2 aromatic rings. The third-order valence-electron chi connectivity index (χ3n) is 7.37. The van der Waals surface area contributed by atoms with E-state index in [0.29, 0.717) is 17.9 Å². The third-order valence-corrected chi connectivity index (χ3v) is 7.37. The van der Waals surface area contributed by atoms with Crippen LogP contribution in [-0.2, 0) is 4.79 Å². The fraction of sp³-hybridized carbons (Fsp3) is 0.571. The molecule has 1 aromatic heterocycles. The van der Waals surface area contributed by atoms with E-state index in [1.165, 1.54) is 25.7 Å². The van der Waals surface area contributed by atoms with Crippen LogP contribution in [0, 0.1) is 0 Å². The fourth-order valence-electron chi connectivity index (χ4n) is 5.39. The molecule has 1 atom stereocenters. The van der Waals surface area contributed by atoms with Gasteiger partial charge in [0.15, 0.2) is 0 Å². The number of nitrogens with zero attached hydrogens (tertiary/aromatic N) is 5. The van der Waals surface area contributed by atoms with Gasteiger partial charge in [0.05, 0.1) is 11.7 Å². The fourth-order valence-corrected chi connectivity index (χ4v) is 5.39. The van der Waals surface area contributed by atoms with Crippen LogP contribution in [0.15, 0.2) is 30.5 Å². The Hall–Kier alpha value is -3.00. The van der Waals surface area contributed by atoms with Crippen molar-refractivity contribution in [2.24, 2.45) is 5.73 Å². The maximum Gasteiger partial charge on any atom is 0.248 e. The van der Waals surface area contributed by atoms with Crippen molar-refractivity contribution in [3.05, 3.63) is 41.7 Å². The average molecular weight is 493 g/mol. The third kappa shape index (κ3) is 6.40. The largest absolute Gasteiger partial charge is 0.366 e. The molecule has 0 bridgehead atoms. The van der Waals surface area contributed by atoms with E-state index in [0.717, 1.165) is 68.7 Å². The monoisotopic (exact) mass is 492 g/mol. The van der Waals surface area contributed by atoms with Crippen LogP contribution >= 0.6 is 0 Å². The SMILES string of the molecule is CN(C)c1ncc(-c2cccc(C(N)=O)c2)c(C2CCCCN2C(=O)CCCN2CCCCCC2)n1. The Kier molecular flexibility index (Phi) is 8.91. The molecule has 2 saturated heterocycles. The Labute approximate surface area is 214 Å². The number of aromatic nitrogens is 2. The summed E-state index contributed by atoms with van der Waals surface area (Å²) in [6.45, 7) is 4.05. The number of likely N-dealkylation sites (tertiary alicyclic amines) is 2. The van der Waals surface area contributed by atoms with E-state index in [1.807, 2.05) is 42.2 Å². The predicted molar refractivity (Wildman–Crippen MR) is 143 cm³/mol. The van der Waals surface area contributed by atoms with Crippen LogP contribution in [0.5, 0.6) is 0 Å². The van der Waals surface area contributed by atoms with E-state index < -0.39 is 5.91 Å². The van der Waals surface area contributed by atoms with Crippen molar-refractivity contribution in [2.75, 3.05) is 45.2 Å². The second-order valence-electron chi connectivity index (χ2n) is 10.3. The molecule has 0 spiro atoms. The van der Waals surface area contributed by atoms with Gasteiger partial charge in [0, 0.05) is 44.4 Å². The number of hydrogen-bond acceptors (Lipinski definition) is 6. The lowest BCUT2D eigenvalue weighted by Crippen LogP contribution is -2.39. The summed E-state index contributed by atoms with van der Waals surface area (Å²) in [5, 5.41) is 0. The van der Waals surface area contributed by atoms with Gasteiger partial charge in [-0.1, -0.05) is 25.0 Å². The number of primary amides is 1. The minimum Gasteiger partial charge on any atom is -0.366 e. The van der Waals surface area contributed by atoms with Gasteiger partial charge in [0.25, 0.3) is 0 Å². The summed E-state index contributed by atoms with van der Waals surface area (Å²) in [6, 6.07) is 7.15. The first-order chi connectivity index (χ1) is 17.4. The average Bonchev–Trinajstić information content (AvgIpc) is 3.17. The summed E-state index contributed by atoms with van der Waals surface area (Å²) in [5.74, 6) is 0.346. The maximum absolute atomic E-state index is 13.5. The molecule has 194 valence electrons. The lowest BCUT2D eigenvalue weighted by atomic mass is 9.93. The number of amides is 2. The summed E-state index contributed by atoms with van der Waals surface area (Å²) >= 11 is 0. The van der Waals surface area contributed by atoms with Gasteiger partial charge < -0.3 is 20.4 Å². The van der Waals surface area contributed by atoms with Gasteiger partial charge in [-0.2, -0.15) is 0 Å². The number of carbonyl (C=O) groups excluding carboxylic acids is 2. The standard InChI is InChI=1S/C28H40N6O2/c1-32(2)28-30-20-23(21-11-9-12-22(19-21)27(29)36)26(31-28)24-13-5-8-18-34(24)25(35)14-10-17-33-15-6-3-4-7-16-33/h9,11-12,19-20,24H,3-8,10,13-18H2,1-2H3,(H2,29,36). The van der Waals surface area contributed by atoms with Gasteiger partial charge in [-0.25, -0.2) is 9.97 Å². The second kappa shape index (κ2) is 12.3. The summed E-state index contributed by atoms with van der Waals surface area (Å²) < 4.78 is 0. The highest BCUT2D eigenvalue weighted by Gasteiger charge is 2.31. The second-order valence-corrected chi connectivity index (χ2v) is 10.3. The zero-order chi connectivity index (χ0) is 25.5. The molecule has 1 unspecified atom stereocenters. The Bertz CT molecular complexity index is 1050. The van der Waals surface area contributed by atoms with Gasteiger partial charge in [-0.3, -0.25) is 9.59 Å². The molecular formula is C28H40N6O2.